The number of nitrogens with zero attached hydrogens (tertiary/aromatic N) is 5. The lowest BCUT2D eigenvalue weighted by molar-refractivity contribution is 0.0131. The monoisotopic (exact) mass is 657 g/mol. The van der Waals surface area contributed by atoms with Crippen molar-refractivity contribution < 1.29 is 28.5 Å². The summed E-state index contributed by atoms with van der Waals surface area (Å²) in [6.45, 7) is 4.23. The second kappa shape index (κ2) is 12.3. The van der Waals surface area contributed by atoms with Gasteiger partial charge in [-0.25, -0.2) is 13.8 Å². The molecule has 0 bridgehead atoms. The number of ether oxygens (including phenoxy) is 2. The van der Waals surface area contributed by atoms with E-state index in [9.17, 15) is 14.6 Å². The van der Waals surface area contributed by atoms with Crippen molar-refractivity contribution in [1.29, 1.82) is 0 Å². The van der Waals surface area contributed by atoms with Gasteiger partial charge in [0, 0.05) is 35.5 Å². The van der Waals surface area contributed by atoms with Crippen LogP contribution in [0.1, 0.15) is 63.9 Å². The van der Waals surface area contributed by atoms with Crippen LogP contribution in [-0.4, -0.2) is 82.1 Å². The summed E-state index contributed by atoms with van der Waals surface area (Å²) in [5.74, 6) is 1.12. The Balaban J connectivity index is 1.43. The van der Waals surface area contributed by atoms with Gasteiger partial charge in [-0.05, 0) is 82.1 Å². The number of aromatic nitrogens is 3. The summed E-state index contributed by atoms with van der Waals surface area (Å²) in [7, 11) is 3.58. The van der Waals surface area contributed by atoms with E-state index in [1.807, 2.05) is 11.8 Å². The van der Waals surface area contributed by atoms with E-state index in [0.29, 0.717) is 49.7 Å². The molecule has 0 radical (unpaired) electrons. The third kappa shape index (κ3) is 5.35. The number of halogens is 2. The molecule has 3 atom stereocenters. The number of phenols is 1. The highest BCUT2D eigenvalue weighted by Gasteiger charge is 2.47. The number of fused-ring (bicyclic) bond motifs is 3. The number of piperidine rings is 2. The summed E-state index contributed by atoms with van der Waals surface area (Å²) >= 11 is 0. The Morgan fingerprint density at radius 1 is 1.06 bits per heavy atom. The Morgan fingerprint density at radius 2 is 1.85 bits per heavy atom. The zero-order chi connectivity index (χ0) is 33.8. The lowest BCUT2D eigenvalue weighted by Crippen LogP contribution is -2.50. The molecule has 2 aromatic heterocycles. The molecule has 3 fully saturated rings. The number of aliphatic hydroxyl groups is 1. The van der Waals surface area contributed by atoms with E-state index in [0.717, 1.165) is 38.6 Å². The summed E-state index contributed by atoms with van der Waals surface area (Å²) in [5.41, 5.74) is -1.30. The van der Waals surface area contributed by atoms with E-state index in [4.69, 9.17) is 20.9 Å². The number of pyridine rings is 1. The Bertz CT molecular complexity index is 1950. The molecular formula is C37H41F2N5O4. The molecule has 2 aliphatic heterocycles. The van der Waals surface area contributed by atoms with E-state index >= 15 is 4.39 Å². The normalized spacial score (nSPS) is 24.5. The number of likely N-dealkylation sites (tertiary alicyclic amines) is 1. The minimum Gasteiger partial charge on any atom is -0.508 e. The molecule has 252 valence electrons. The predicted molar refractivity (Wildman–Crippen MR) is 180 cm³/mol. The van der Waals surface area contributed by atoms with Gasteiger partial charge in [0.1, 0.15) is 34.0 Å². The molecular weight excluding hydrogens is 616 g/mol. The summed E-state index contributed by atoms with van der Waals surface area (Å²) in [4.78, 5) is 18.4. The van der Waals surface area contributed by atoms with Gasteiger partial charge in [-0.2, -0.15) is 9.97 Å². The quantitative estimate of drug-likeness (QED) is 0.225. The summed E-state index contributed by atoms with van der Waals surface area (Å²) in [6, 6.07) is 5.84. The van der Waals surface area contributed by atoms with E-state index < -0.39 is 17.2 Å². The molecule has 2 aromatic carbocycles. The SMILES string of the molecule is C#Cc1c(F)ccc2cc(O)cc(-c3nc(OC)c4c(N5CCCC(O)(CC)C5)nc(OCC56CCCC5N(C)CCC6)nc4c3F)c12. The zero-order valence-electron chi connectivity index (χ0n) is 27.7. The van der Waals surface area contributed by atoms with E-state index in [-0.39, 0.29) is 62.7 Å². The number of β-amino-alcohol motifs (C(OH)–C–C–N with tert-alkyl or cyclic N) is 1. The number of anilines is 1. The molecule has 2 N–H and O–H groups in total. The van der Waals surface area contributed by atoms with Crippen LogP contribution in [0.3, 0.4) is 0 Å². The van der Waals surface area contributed by atoms with Crippen LogP contribution < -0.4 is 14.4 Å². The first-order valence-electron chi connectivity index (χ1n) is 16.8. The van der Waals surface area contributed by atoms with Crippen LogP contribution in [0.4, 0.5) is 14.6 Å². The smallest absolute Gasteiger partial charge is 0.319 e. The number of benzene rings is 2. The Labute approximate surface area is 278 Å². The number of hydrogen-bond donors (Lipinski definition) is 2. The van der Waals surface area contributed by atoms with Crippen molar-refractivity contribution in [2.24, 2.45) is 5.41 Å². The van der Waals surface area contributed by atoms with Crippen molar-refractivity contribution in [2.75, 3.05) is 45.3 Å². The van der Waals surface area contributed by atoms with Gasteiger partial charge in [-0.3, -0.25) is 0 Å². The lowest BCUT2D eigenvalue weighted by atomic mass is 9.76. The number of terminal acetylenes is 1. The number of rotatable bonds is 7. The van der Waals surface area contributed by atoms with Crippen LogP contribution in [-0.2, 0) is 0 Å². The minimum absolute atomic E-state index is 0.0191. The van der Waals surface area contributed by atoms with Gasteiger partial charge in [0.25, 0.3) is 0 Å². The maximum absolute atomic E-state index is 17.1. The van der Waals surface area contributed by atoms with Crippen LogP contribution in [0.25, 0.3) is 32.9 Å². The molecule has 11 heteroatoms. The summed E-state index contributed by atoms with van der Waals surface area (Å²) < 4.78 is 44.3. The van der Waals surface area contributed by atoms with Crippen molar-refractivity contribution in [2.45, 2.75) is 69.9 Å². The predicted octanol–water partition coefficient (Wildman–Crippen LogP) is 6.20. The number of methoxy groups -OCH3 is 1. The van der Waals surface area contributed by atoms with E-state index in [1.165, 1.54) is 31.4 Å². The topological polar surface area (TPSA) is 104 Å². The number of aromatic hydroxyl groups is 1. The fourth-order valence-electron chi connectivity index (χ4n) is 8.44. The molecule has 7 rings (SSSR count). The van der Waals surface area contributed by atoms with Crippen LogP contribution in [0, 0.1) is 29.4 Å². The van der Waals surface area contributed by atoms with Crippen LogP contribution in [0.15, 0.2) is 24.3 Å². The van der Waals surface area contributed by atoms with Crippen molar-refractivity contribution in [3.05, 3.63) is 41.5 Å². The van der Waals surface area contributed by atoms with Gasteiger partial charge in [-0.1, -0.05) is 25.3 Å². The molecule has 4 aromatic rings. The average Bonchev–Trinajstić information content (AvgIpc) is 3.53. The van der Waals surface area contributed by atoms with Gasteiger partial charge in [0.2, 0.25) is 5.88 Å². The Morgan fingerprint density at radius 3 is 2.62 bits per heavy atom. The van der Waals surface area contributed by atoms with Crippen molar-refractivity contribution in [1.82, 2.24) is 19.9 Å². The molecule has 1 aliphatic carbocycles. The van der Waals surface area contributed by atoms with Gasteiger partial charge in [0.15, 0.2) is 5.82 Å². The third-order valence-corrected chi connectivity index (χ3v) is 10.9. The maximum Gasteiger partial charge on any atom is 0.319 e. The highest BCUT2D eigenvalue weighted by atomic mass is 19.1. The van der Waals surface area contributed by atoms with Gasteiger partial charge < -0.3 is 29.5 Å². The summed E-state index contributed by atoms with van der Waals surface area (Å²) in [6.07, 6.45) is 13.0. The number of hydrogen-bond acceptors (Lipinski definition) is 9. The lowest BCUT2D eigenvalue weighted by Gasteiger charge is -2.44. The van der Waals surface area contributed by atoms with Crippen molar-refractivity contribution in [3.8, 4) is 41.2 Å². The molecule has 0 spiro atoms. The first-order chi connectivity index (χ1) is 23.1. The molecule has 48 heavy (non-hydrogen) atoms. The average molecular weight is 658 g/mol. The molecule has 2 saturated heterocycles. The fourth-order valence-corrected chi connectivity index (χ4v) is 8.44. The zero-order valence-corrected chi connectivity index (χ0v) is 27.7. The summed E-state index contributed by atoms with van der Waals surface area (Å²) in [5, 5.41) is 22.8. The Hall–Kier alpha value is -4.27. The van der Waals surface area contributed by atoms with Crippen LogP contribution in [0.5, 0.6) is 17.6 Å². The van der Waals surface area contributed by atoms with Gasteiger partial charge >= 0.3 is 6.01 Å². The Kier molecular flexibility index (Phi) is 8.28. The number of phenolic OH excluding ortho intramolecular Hbond substituents is 1. The largest absolute Gasteiger partial charge is 0.508 e. The van der Waals surface area contributed by atoms with Gasteiger partial charge in [-0.15, -0.1) is 6.42 Å². The van der Waals surface area contributed by atoms with Crippen LogP contribution >= 0.6 is 0 Å². The van der Waals surface area contributed by atoms with Crippen molar-refractivity contribution >= 4 is 27.5 Å². The fraction of sp³-hybridized carbons (Fsp3) is 0.486. The maximum atomic E-state index is 17.1. The second-order valence-corrected chi connectivity index (χ2v) is 13.7. The van der Waals surface area contributed by atoms with Gasteiger partial charge in [0.05, 0.1) is 24.9 Å². The van der Waals surface area contributed by atoms with Crippen molar-refractivity contribution in [3.63, 3.8) is 0 Å². The van der Waals surface area contributed by atoms with Crippen LogP contribution in [0.2, 0.25) is 0 Å². The highest BCUT2D eigenvalue weighted by Crippen LogP contribution is 2.48. The van der Waals surface area contributed by atoms with E-state index in [2.05, 4.69) is 27.8 Å². The first-order valence-corrected chi connectivity index (χ1v) is 16.8. The molecule has 0 amide bonds. The van der Waals surface area contributed by atoms with E-state index in [1.54, 1.807) is 0 Å². The third-order valence-electron chi connectivity index (χ3n) is 10.9. The first kappa shape index (κ1) is 32.3. The molecule has 1 saturated carbocycles. The second-order valence-electron chi connectivity index (χ2n) is 13.7. The molecule has 9 nitrogen and oxygen atoms in total. The highest BCUT2D eigenvalue weighted by molar-refractivity contribution is 6.04. The standard InChI is InChI=1S/C37H41F2N5O4/c1-5-24-26(38)12-11-22-18-23(45)19-25(28(22)24)31-30(39)32-29(34(40-31)47-4)33(44-17-9-15-37(46,6-2)20-44)42-35(41-32)48-21-36-13-7-10-27(36)43(3)16-8-14-36/h1,11-12,18-19,27,45-46H,6-10,13-17,20-21H2,2-4H3. The molecule has 3 aliphatic rings. The molecule has 4 heterocycles. The molecule has 3 unspecified atom stereocenters. The minimum atomic E-state index is -0.950.